The van der Waals surface area contributed by atoms with Crippen LogP contribution in [0.5, 0.6) is 0 Å². The zero-order valence-electron chi connectivity index (χ0n) is 10.1. The van der Waals surface area contributed by atoms with Crippen LogP contribution in [0.4, 0.5) is 0 Å². The molecule has 0 aromatic carbocycles. The van der Waals surface area contributed by atoms with Crippen LogP contribution in [-0.4, -0.2) is 11.2 Å². The van der Waals surface area contributed by atoms with E-state index in [1.54, 1.807) is 11.3 Å². The van der Waals surface area contributed by atoms with Crippen molar-refractivity contribution in [3.8, 4) is 0 Å². The molecule has 0 saturated heterocycles. The van der Waals surface area contributed by atoms with Gasteiger partial charge in [0.1, 0.15) is 0 Å². The van der Waals surface area contributed by atoms with Crippen LogP contribution in [0.2, 0.25) is 0 Å². The molecule has 0 radical (unpaired) electrons. The van der Waals surface area contributed by atoms with Crippen molar-refractivity contribution in [1.29, 1.82) is 0 Å². The van der Waals surface area contributed by atoms with Crippen LogP contribution in [0, 0.1) is 11.8 Å². The summed E-state index contributed by atoms with van der Waals surface area (Å²) in [5.41, 5.74) is 0. The van der Waals surface area contributed by atoms with Gasteiger partial charge in [0.25, 0.3) is 0 Å². The van der Waals surface area contributed by atoms with Crippen LogP contribution in [-0.2, 0) is 6.42 Å². The van der Waals surface area contributed by atoms with Gasteiger partial charge in [-0.3, -0.25) is 0 Å². The second kappa shape index (κ2) is 5.83. The highest BCUT2D eigenvalue weighted by Gasteiger charge is 2.28. The molecule has 1 N–H and O–H groups in total. The minimum atomic E-state index is -0.0707. The van der Waals surface area contributed by atoms with E-state index in [1.807, 2.05) is 0 Å². The van der Waals surface area contributed by atoms with Crippen LogP contribution in [0.25, 0.3) is 0 Å². The van der Waals surface area contributed by atoms with Crippen LogP contribution in [0.15, 0.2) is 17.5 Å². The molecule has 3 atom stereocenters. The summed E-state index contributed by atoms with van der Waals surface area (Å²) in [6, 6.07) is 4.26. The number of aliphatic hydroxyl groups excluding tert-OH is 1. The molecule has 16 heavy (non-hydrogen) atoms. The van der Waals surface area contributed by atoms with Gasteiger partial charge in [-0.15, -0.1) is 11.3 Å². The summed E-state index contributed by atoms with van der Waals surface area (Å²) in [6.45, 7) is 2.27. The number of hydrogen-bond donors (Lipinski definition) is 1. The van der Waals surface area contributed by atoms with Crippen LogP contribution in [0.1, 0.15) is 43.9 Å². The van der Waals surface area contributed by atoms with Crippen molar-refractivity contribution in [2.24, 2.45) is 11.8 Å². The van der Waals surface area contributed by atoms with Gasteiger partial charge >= 0.3 is 0 Å². The Morgan fingerprint density at radius 2 is 2.38 bits per heavy atom. The highest BCUT2D eigenvalue weighted by atomic mass is 32.1. The third-order valence-electron chi connectivity index (χ3n) is 3.97. The van der Waals surface area contributed by atoms with Crippen molar-refractivity contribution in [2.45, 2.75) is 51.6 Å². The summed E-state index contributed by atoms with van der Waals surface area (Å²) in [6.07, 6.45) is 7.03. The predicted octanol–water partition coefficient (Wildman–Crippen LogP) is 3.87. The Morgan fingerprint density at radius 3 is 3.00 bits per heavy atom. The average Bonchev–Trinajstić information content (AvgIpc) is 2.96. The molecule has 1 nitrogen and oxygen atoms in total. The maximum absolute atomic E-state index is 10.2. The second-order valence-corrected chi connectivity index (χ2v) is 6.07. The number of rotatable bonds is 5. The maximum atomic E-state index is 10.2. The number of aryl methyl sites for hydroxylation is 1. The Bertz CT molecular complexity index is 294. The molecule has 1 aliphatic rings. The molecule has 3 unspecified atom stereocenters. The van der Waals surface area contributed by atoms with E-state index < -0.39 is 0 Å². The zero-order valence-corrected chi connectivity index (χ0v) is 10.9. The van der Waals surface area contributed by atoms with Crippen molar-refractivity contribution in [3.63, 3.8) is 0 Å². The summed E-state index contributed by atoms with van der Waals surface area (Å²) >= 11 is 1.80. The van der Waals surface area contributed by atoms with E-state index >= 15 is 0 Å². The van der Waals surface area contributed by atoms with Gasteiger partial charge in [-0.05, 0) is 49.0 Å². The van der Waals surface area contributed by atoms with Crippen molar-refractivity contribution in [3.05, 3.63) is 22.4 Å². The Kier molecular flexibility index (Phi) is 4.42. The molecule has 1 heterocycles. The molecular weight excluding hydrogens is 216 g/mol. The lowest BCUT2D eigenvalue weighted by molar-refractivity contribution is 0.1000. The second-order valence-electron chi connectivity index (χ2n) is 5.03. The van der Waals surface area contributed by atoms with Crippen molar-refractivity contribution in [1.82, 2.24) is 0 Å². The Balaban J connectivity index is 1.74. The lowest BCUT2D eigenvalue weighted by Crippen LogP contribution is -2.18. The first-order chi connectivity index (χ1) is 7.79. The lowest BCUT2D eigenvalue weighted by Gasteiger charge is -2.17. The smallest absolute Gasteiger partial charge is 0.0572 e. The Labute approximate surface area is 103 Å². The van der Waals surface area contributed by atoms with Crippen molar-refractivity contribution in [2.75, 3.05) is 0 Å². The molecule has 1 saturated carbocycles. The van der Waals surface area contributed by atoms with E-state index in [0.29, 0.717) is 5.92 Å². The summed E-state index contributed by atoms with van der Waals surface area (Å²) in [7, 11) is 0. The fourth-order valence-electron chi connectivity index (χ4n) is 2.81. The van der Waals surface area contributed by atoms with E-state index in [1.165, 1.54) is 30.6 Å². The minimum Gasteiger partial charge on any atom is -0.393 e. The van der Waals surface area contributed by atoms with Crippen molar-refractivity contribution >= 4 is 11.3 Å². The molecule has 1 aliphatic carbocycles. The molecule has 2 rings (SSSR count). The molecule has 0 spiro atoms. The summed E-state index contributed by atoms with van der Waals surface area (Å²) in [5, 5.41) is 12.3. The van der Waals surface area contributed by atoms with Crippen LogP contribution in [0.3, 0.4) is 0 Å². The van der Waals surface area contributed by atoms with Gasteiger partial charge in [-0.1, -0.05) is 25.8 Å². The molecule has 1 aromatic rings. The summed E-state index contributed by atoms with van der Waals surface area (Å²) in [4.78, 5) is 1.41. The molecule has 90 valence electrons. The lowest BCUT2D eigenvalue weighted by atomic mass is 9.95. The fraction of sp³-hybridized carbons (Fsp3) is 0.714. The minimum absolute atomic E-state index is 0.0707. The summed E-state index contributed by atoms with van der Waals surface area (Å²) in [5.74, 6) is 1.45. The Hall–Kier alpha value is -0.340. The van der Waals surface area contributed by atoms with Gasteiger partial charge in [-0.25, -0.2) is 0 Å². The predicted molar refractivity (Wildman–Crippen MR) is 69.8 cm³/mol. The van der Waals surface area contributed by atoms with Gasteiger partial charge in [0.05, 0.1) is 6.10 Å². The summed E-state index contributed by atoms with van der Waals surface area (Å²) < 4.78 is 0. The van der Waals surface area contributed by atoms with E-state index in [0.717, 1.165) is 18.8 Å². The van der Waals surface area contributed by atoms with E-state index in [4.69, 9.17) is 0 Å². The highest BCUT2D eigenvalue weighted by Crippen LogP contribution is 2.36. The number of aliphatic hydroxyl groups is 1. The van der Waals surface area contributed by atoms with E-state index in [-0.39, 0.29) is 6.10 Å². The average molecular weight is 238 g/mol. The highest BCUT2D eigenvalue weighted by molar-refractivity contribution is 7.09. The first-order valence-corrected chi connectivity index (χ1v) is 7.38. The zero-order chi connectivity index (χ0) is 11.4. The molecule has 0 bridgehead atoms. The third kappa shape index (κ3) is 3.08. The number of hydrogen-bond acceptors (Lipinski definition) is 2. The molecule has 0 aliphatic heterocycles. The van der Waals surface area contributed by atoms with E-state index in [9.17, 15) is 5.11 Å². The normalized spacial score (nSPS) is 27.1. The molecule has 0 amide bonds. The van der Waals surface area contributed by atoms with Gasteiger partial charge in [0, 0.05) is 4.88 Å². The van der Waals surface area contributed by atoms with Gasteiger partial charge in [0.15, 0.2) is 0 Å². The molecule has 1 aromatic heterocycles. The van der Waals surface area contributed by atoms with Gasteiger partial charge in [-0.2, -0.15) is 0 Å². The molecule has 1 fully saturated rings. The van der Waals surface area contributed by atoms with Crippen molar-refractivity contribution < 1.29 is 5.11 Å². The monoisotopic (exact) mass is 238 g/mol. The SMILES string of the molecule is CCC1CCC(C(O)CCc2cccs2)C1. The standard InChI is InChI=1S/C14H22OS/c1-2-11-5-6-12(10-11)14(15)8-7-13-4-3-9-16-13/h3-4,9,11-12,14-15H,2,5-8,10H2,1H3. The van der Waals surface area contributed by atoms with Crippen LogP contribution >= 0.6 is 11.3 Å². The largest absolute Gasteiger partial charge is 0.393 e. The maximum Gasteiger partial charge on any atom is 0.0572 e. The quantitative estimate of drug-likeness (QED) is 0.825. The third-order valence-corrected chi connectivity index (χ3v) is 4.91. The molecular formula is C14H22OS. The fourth-order valence-corrected chi connectivity index (χ4v) is 3.54. The van der Waals surface area contributed by atoms with Crippen LogP contribution < -0.4 is 0 Å². The topological polar surface area (TPSA) is 20.2 Å². The van der Waals surface area contributed by atoms with E-state index in [2.05, 4.69) is 24.4 Å². The van der Waals surface area contributed by atoms with Gasteiger partial charge in [0.2, 0.25) is 0 Å². The number of thiophene rings is 1. The first kappa shape index (κ1) is 12.1. The van der Waals surface area contributed by atoms with Gasteiger partial charge < -0.3 is 5.11 Å². The first-order valence-electron chi connectivity index (χ1n) is 6.50. The Morgan fingerprint density at radius 1 is 1.50 bits per heavy atom. The molecule has 2 heteroatoms.